The van der Waals surface area contributed by atoms with Crippen molar-refractivity contribution in [1.82, 2.24) is 14.6 Å². The Balaban J connectivity index is 0.00000213. The Morgan fingerprint density at radius 1 is 1.13 bits per heavy atom. The van der Waals surface area contributed by atoms with Crippen molar-refractivity contribution in [3.05, 3.63) is 53.1 Å². The maximum absolute atomic E-state index is 14.3. The molecule has 7 nitrogen and oxygen atoms in total. The number of aromatic nitrogens is 1. The van der Waals surface area contributed by atoms with Gasteiger partial charge in [-0.2, -0.15) is 0 Å². The van der Waals surface area contributed by atoms with Crippen LogP contribution in [0.1, 0.15) is 119 Å². The van der Waals surface area contributed by atoms with Crippen molar-refractivity contribution < 1.29 is 14.3 Å². The van der Waals surface area contributed by atoms with Gasteiger partial charge in [0.05, 0.1) is 18.2 Å². The smallest absolute Gasteiger partial charge is 0.261 e. The molecule has 0 bridgehead atoms. The van der Waals surface area contributed by atoms with E-state index in [0.717, 1.165) is 36.9 Å². The summed E-state index contributed by atoms with van der Waals surface area (Å²) in [5, 5.41) is 4.93. The third-order valence-corrected chi connectivity index (χ3v) is 11.5. The number of nitrogens with one attached hydrogen (secondary N) is 2. The molecule has 4 unspecified atom stereocenters. The van der Waals surface area contributed by atoms with Crippen molar-refractivity contribution in [2.75, 3.05) is 14.2 Å². The fraction of sp³-hybridized carbons (Fsp3) is 0.538. The molecular weight excluding hydrogens is 605 g/mol. The molecule has 252 valence electrons. The molecule has 47 heavy (non-hydrogen) atoms. The molecule has 0 saturated heterocycles. The summed E-state index contributed by atoms with van der Waals surface area (Å²) in [6.07, 6.45) is 9.45. The van der Waals surface area contributed by atoms with E-state index < -0.39 is 5.41 Å². The van der Waals surface area contributed by atoms with Crippen LogP contribution in [0.2, 0.25) is 0 Å². The van der Waals surface area contributed by atoms with Crippen molar-refractivity contribution in [2.45, 2.75) is 115 Å². The number of rotatable bonds is 10. The van der Waals surface area contributed by atoms with E-state index in [1.165, 1.54) is 78.9 Å². The van der Waals surface area contributed by atoms with E-state index in [-0.39, 0.29) is 23.8 Å². The van der Waals surface area contributed by atoms with Gasteiger partial charge in [0.25, 0.3) is 5.91 Å². The van der Waals surface area contributed by atoms with Crippen LogP contribution in [0, 0.1) is 17.3 Å². The van der Waals surface area contributed by atoms with Crippen molar-refractivity contribution in [2.24, 2.45) is 11.1 Å². The number of ether oxygens (including phenoxy) is 1. The summed E-state index contributed by atoms with van der Waals surface area (Å²) in [6, 6.07) is 12.7. The predicted octanol–water partition coefficient (Wildman–Crippen LogP) is 7.91. The first-order chi connectivity index (χ1) is 22.8. The molecule has 1 aliphatic heterocycles. The Morgan fingerprint density at radius 2 is 1.89 bits per heavy atom. The molecule has 4 atom stereocenters. The molecule has 2 aromatic carbocycles. The molecule has 6 rings (SSSR count). The van der Waals surface area contributed by atoms with Gasteiger partial charge < -0.3 is 20.4 Å². The number of benzene rings is 2. The number of nitrogens with zero attached hydrogens (tertiary/aromatic N) is 1. The van der Waals surface area contributed by atoms with E-state index in [1.54, 1.807) is 7.11 Å². The summed E-state index contributed by atoms with van der Waals surface area (Å²) in [4.78, 5) is 27.6. The van der Waals surface area contributed by atoms with Gasteiger partial charge in [0.2, 0.25) is 5.91 Å². The van der Waals surface area contributed by atoms with E-state index >= 15 is 0 Å². The minimum absolute atomic E-state index is 0.0407. The molecular formula is C39H52N4O3S. The second kappa shape index (κ2) is 15.2. The highest BCUT2D eigenvalue weighted by molar-refractivity contribution is 7.98. The largest absolute Gasteiger partial charge is 0.497 e. The fourth-order valence-electron chi connectivity index (χ4n) is 7.59. The lowest BCUT2D eigenvalue weighted by Gasteiger charge is -2.24. The van der Waals surface area contributed by atoms with E-state index in [0.29, 0.717) is 23.3 Å². The van der Waals surface area contributed by atoms with Crippen LogP contribution in [0.15, 0.2) is 36.4 Å². The zero-order chi connectivity index (χ0) is 33.7. The van der Waals surface area contributed by atoms with Gasteiger partial charge in [-0.1, -0.05) is 39.2 Å². The molecule has 8 heteroatoms. The van der Waals surface area contributed by atoms with Crippen LogP contribution in [0.4, 0.5) is 0 Å². The van der Waals surface area contributed by atoms with Crippen LogP contribution in [0.5, 0.6) is 5.75 Å². The maximum Gasteiger partial charge on any atom is 0.261 e. The zero-order valence-electron chi connectivity index (χ0n) is 29.0. The van der Waals surface area contributed by atoms with E-state index in [1.807, 2.05) is 13.0 Å². The van der Waals surface area contributed by atoms with Crippen molar-refractivity contribution in [3.8, 4) is 28.8 Å². The highest BCUT2D eigenvalue weighted by Gasteiger charge is 2.63. The third-order valence-electron chi connectivity index (χ3n) is 10.4. The van der Waals surface area contributed by atoms with E-state index in [2.05, 4.69) is 83.3 Å². The summed E-state index contributed by atoms with van der Waals surface area (Å²) >= 11 is 1.48. The normalized spacial score (nSPS) is 20.9. The van der Waals surface area contributed by atoms with Gasteiger partial charge in [-0.25, -0.2) is 0 Å². The summed E-state index contributed by atoms with van der Waals surface area (Å²) in [5.41, 5.74) is 10.7. The Bertz CT molecular complexity index is 1660. The van der Waals surface area contributed by atoms with Gasteiger partial charge in [-0.3, -0.25) is 14.3 Å². The van der Waals surface area contributed by atoms with Crippen LogP contribution in [0.3, 0.4) is 0 Å². The topological polar surface area (TPSA) is 98.4 Å². The first kappa shape index (κ1) is 34.9. The molecule has 0 radical (unpaired) electrons. The zero-order valence-corrected chi connectivity index (χ0v) is 29.8. The minimum Gasteiger partial charge on any atom is -0.497 e. The second-order valence-electron chi connectivity index (χ2n) is 13.4. The lowest BCUT2D eigenvalue weighted by molar-refractivity contribution is -0.127. The molecule has 3 aliphatic rings. The Hall–Kier alpha value is -3.41. The highest BCUT2D eigenvalue weighted by atomic mass is 32.2. The Morgan fingerprint density at radius 3 is 2.60 bits per heavy atom. The quantitative estimate of drug-likeness (QED) is 0.152. The number of amides is 2. The molecule has 2 fully saturated rings. The number of nitrogens with two attached hydrogens (primary N) is 1. The van der Waals surface area contributed by atoms with Crippen LogP contribution in [0.25, 0.3) is 22.2 Å². The standard InChI is InChI=1S/C38H47N3O3S.CH5N/c1-6-8-10-13-24(3)39-37(43)38-22-32(38)31-21-28(44-5)17-19-29(31)35-34(26-14-11-9-12-15-26)30-18-16-27(20-33(30)41(35)23-38)36(42)40-45-25(4)7-2;1-2/h16-21,24-26,32H,7,9-15,22-23H2,1-5H3,(H,39,43)(H,40,42);2H2,1H3. The molecule has 1 aromatic heterocycles. The second-order valence-corrected chi connectivity index (χ2v) is 14.6. The van der Waals surface area contributed by atoms with Gasteiger partial charge >= 0.3 is 0 Å². The van der Waals surface area contributed by atoms with Crippen LogP contribution >= 0.6 is 11.9 Å². The van der Waals surface area contributed by atoms with Crippen molar-refractivity contribution >= 4 is 34.7 Å². The van der Waals surface area contributed by atoms with Crippen LogP contribution < -0.4 is 20.5 Å². The molecule has 2 aliphatic carbocycles. The number of methoxy groups -OCH3 is 1. The maximum atomic E-state index is 14.3. The Labute approximate surface area is 285 Å². The predicted molar refractivity (Wildman–Crippen MR) is 195 cm³/mol. The summed E-state index contributed by atoms with van der Waals surface area (Å²) in [5.74, 6) is 7.52. The number of carbonyl (C=O) groups excluding carboxylic acids is 2. The minimum atomic E-state index is -0.558. The van der Waals surface area contributed by atoms with Crippen molar-refractivity contribution in [3.63, 3.8) is 0 Å². The molecule has 4 N–H and O–H groups in total. The molecule has 3 aromatic rings. The number of fused-ring (bicyclic) bond motifs is 7. The van der Waals surface area contributed by atoms with Crippen LogP contribution in [-0.2, 0) is 11.3 Å². The lowest BCUT2D eigenvalue weighted by Crippen LogP contribution is -2.40. The van der Waals surface area contributed by atoms with E-state index in [4.69, 9.17) is 4.74 Å². The lowest BCUT2D eigenvalue weighted by atomic mass is 9.81. The van der Waals surface area contributed by atoms with Gasteiger partial charge in [0, 0.05) is 52.2 Å². The third kappa shape index (κ3) is 6.93. The van der Waals surface area contributed by atoms with Crippen LogP contribution in [-0.4, -0.2) is 41.8 Å². The first-order valence-electron chi connectivity index (χ1n) is 17.4. The van der Waals surface area contributed by atoms with Gasteiger partial charge in [0.15, 0.2) is 0 Å². The monoisotopic (exact) mass is 656 g/mol. The Kier molecular flexibility index (Phi) is 11.3. The molecule has 2 saturated carbocycles. The molecule has 0 spiro atoms. The first-order valence-corrected chi connectivity index (χ1v) is 18.3. The average molecular weight is 657 g/mol. The van der Waals surface area contributed by atoms with Gasteiger partial charge in [0.1, 0.15) is 5.75 Å². The SMILES string of the molecule is CC#CCCC(C)NC(=O)C12CC1c1cc(OC)ccc1-c1c(C3CCCCC3)c3ccc(C(=O)NSC(C)CC)cc3n1C2.CN. The van der Waals surface area contributed by atoms with Crippen molar-refractivity contribution in [1.29, 1.82) is 0 Å². The molecule has 2 amide bonds. The van der Waals surface area contributed by atoms with Gasteiger partial charge in [-0.15, -0.1) is 11.8 Å². The fourth-order valence-corrected chi connectivity index (χ4v) is 8.18. The number of carbonyl (C=O) groups is 2. The number of hydrogen-bond donors (Lipinski definition) is 3. The average Bonchev–Trinajstić information content (AvgIpc) is 3.78. The van der Waals surface area contributed by atoms with E-state index in [9.17, 15) is 9.59 Å². The number of hydrogen-bond acceptors (Lipinski definition) is 5. The van der Waals surface area contributed by atoms with Gasteiger partial charge in [-0.05, 0) is 112 Å². The summed E-state index contributed by atoms with van der Waals surface area (Å²) < 4.78 is 11.2. The summed E-state index contributed by atoms with van der Waals surface area (Å²) in [6.45, 7) is 8.78. The molecule has 2 heterocycles. The highest BCUT2D eigenvalue weighted by Crippen LogP contribution is 2.65. The summed E-state index contributed by atoms with van der Waals surface area (Å²) in [7, 11) is 3.21.